The summed E-state index contributed by atoms with van der Waals surface area (Å²) in [5.41, 5.74) is 2.75. The molecule has 6 nitrogen and oxygen atoms in total. The van der Waals surface area contributed by atoms with E-state index in [1.807, 2.05) is 23.6 Å². The van der Waals surface area contributed by atoms with E-state index >= 15 is 4.39 Å². The van der Waals surface area contributed by atoms with Gasteiger partial charge < -0.3 is 15.0 Å². The minimum Gasteiger partial charge on any atom is -0.507 e. The third-order valence-corrected chi connectivity index (χ3v) is 6.55. The third kappa shape index (κ3) is 3.10. The molecule has 0 radical (unpaired) electrons. The van der Waals surface area contributed by atoms with Crippen LogP contribution in [-0.4, -0.2) is 42.6 Å². The average molecular weight is 405 g/mol. The van der Waals surface area contributed by atoms with E-state index in [9.17, 15) is 5.11 Å². The number of nitrogens with one attached hydrogen (secondary N) is 1. The van der Waals surface area contributed by atoms with E-state index in [0.717, 1.165) is 24.9 Å². The molecule has 5 rings (SSSR count). The van der Waals surface area contributed by atoms with Crippen LogP contribution in [0.3, 0.4) is 0 Å². The van der Waals surface area contributed by atoms with Gasteiger partial charge in [0.2, 0.25) is 0 Å². The van der Waals surface area contributed by atoms with Gasteiger partial charge in [0.25, 0.3) is 0 Å². The molecule has 30 heavy (non-hydrogen) atoms. The number of aromatic nitrogens is 4. The van der Waals surface area contributed by atoms with Crippen molar-refractivity contribution in [2.45, 2.75) is 43.9 Å². The summed E-state index contributed by atoms with van der Waals surface area (Å²) in [5.74, 6) is -0.152. The molecule has 1 aromatic carbocycles. The van der Waals surface area contributed by atoms with Gasteiger partial charge in [0, 0.05) is 41.5 Å². The van der Waals surface area contributed by atoms with Gasteiger partial charge in [-0.1, -0.05) is 6.58 Å². The molecule has 2 aromatic heterocycles. The van der Waals surface area contributed by atoms with Crippen LogP contribution in [0.25, 0.3) is 22.5 Å². The number of nitrogens with zero attached hydrogens (tertiary/aromatic N) is 4. The van der Waals surface area contributed by atoms with E-state index < -0.39 is 11.7 Å². The van der Waals surface area contributed by atoms with Crippen molar-refractivity contribution in [2.75, 3.05) is 0 Å². The number of fused-ring (bicyclic) bond motifs is 2. The van der Waals surface area contributed by atoms with Crippen LogP contribution in [0.5, 0.6) is 5.75 Å². The van der Waals surface area contributed by atoms with Crippen molar-refractivity contribution in [3.8, 4) is 22.7 Å². The van der Waals surface area contributed by atoms with Crippen LogP contribution in [0, 0.1) is 5.92 Å². The molecular weight excluding hydrogens is 381 g/mol. The summed E-state index contributed by atoms with van der Waals surface area (Å²) < 4.78 is 17.0. The number of phenols is 1. The second-order valence-electron chi connectivity index (χ2n) is 8.54. The first kappa shape index (κ1) is 18.9. The van der Waals surface area contributed by atoms with Crippen LogP contribution >= 0.6 is 0 Å². The number of halogens is 1. The molecule has 2 aliphatic rings. The number of hydrogen-bond acceptors (Lipinski definition) is 5. The van der Waals surface area contributed by atoms with Gasteiger partial charge in [-0.25, -0.2) is 9.37 Å². The van der Waals surface area contributed by atoms with Crippen molar-refractivity contribution < 1.29 is 9.50 Å². The number of imidazole rings is 1. The summed E-state index contributed by atoms with van der Waals surface area (Å²) in [4.78, 5) is 4.02. The molecule has 3 aromatic rings. The number of rotatable bonds is 4. The molecule has 1 unspecified atom stereocenters. The molecule has 0 saturated carbocycles. The Bertz CT molecular complexity index is 1080. The molecule has 7 heteroatoms. The molecule has 2 saturated heterocycles. The van der Waals surface area contributed by atoms with Crippen molar-refractivity contribution >= 4 is 5.57 Å². The van der Waals surface area contributed by atoms with Crippen molar-refractivity contribution in [2.24, 2.45) is 5.92 Å². The monoisotopic (exact) mass is 405 g/mol. The Labute approximate surface area is 174 Å². The predicted molar refractivity (Wildman–Crippen MR) is 113 cm³/mol. The highest BCUT2D eigenvalue weighted by molar-refractivity contribution is 5.70. The lowest BCUT2D eigenvalue weighted by molar-refractivity contribution is 0.103. The summed E-state index contributed by atoms with van der Waals surface area (Å²) in [6.45, 7) is 6.12. The van der Waals surface area contributed by atoms with Crippen LogP contribution < -0.4 is 5.32 Å². The first-order valence-electron chi connectivity index (χ1n) is 10.2. The van der Waals surface area contributed by atoms with Crippen LogP contribution in [0.1, 0.15) is 31.9 Å². The number of aromatic hydroxyl groups is 1. The summed E-state index contributed by atoms with van der Waals surface area (Å²) in [6.07, 6.45) is 6.74. The highest BCUT2D eigenvalue weighted by Gasteiger charge is 2.51. The fourth-order valence-corrected chi connectivity index (χ4v) is 4.81. The standard InChI is InChI=1S/C23H24FN5O/c1-14(18-11-15-7-8-23(2,26-15)22(18)24)19-5-6-20(28-27-19)17-4-3-16(12-21(17)30)29-10-9-25-13-29/h3-6,9-10,12-13,15,18,22,26,30H,1,7-8,11H2,2H3/t15?,18-,22+,23-/m0/s1. The molecule has 2 fully saturated rings. The summed E-state index contributed by atoms with van der Waals surface area (Å²) in [5, 5.41) is 22.5. The van der Waals surface area contributed by atoms with Gasteiger partial charge in [0.05, 0.1) is 23.4 Å². The van der Waals surface area contributed by atoms with E-state index in [-0.39, 0.29) is 11.7 Å². The van der Waals surface area contributed by atoms with Crippen molar-refractivity contribution in [3.05, 3.63) is 61.3 Å². The molecule has 0 spiro atoms. The Morgan fingerprint density at radius 3 is 2.87 bits per heavy atom. The molecule has 0 aliphatic carbocycles. The number of allylic oxidation sites excluding steroid dienone is 1. The molecular formula is C23H24FN5O. The van der Waals surface area contributed by atoms with Gasteiger partial charge in [0.15, 0.2) is 0 Å². The number of piperidine rings is 1. The van der Waals surface area contributed by atoms with Crippen LogP contribution in [0.2, 0.25) is 0 Å². The lowest BCUT2D eigenvalue weighted by Crippen LogP contribution is -2.56. The minimum absolute atomic E-state index is 0.105. The van der Waals surface area contributed by atoms with Crippen LogP contribution in [0.15, 0.2) is 55.6 Å². The number of alkyl halides is 1. The highest BCUT2D eigenvalue weighted by Crippen LogP contribution is 2.45. The van der Waals surface area contributed by atoms with Gasteiger partial charge in [0.1, 0.15) is 11.9 Å². The van der Waals surface area contributed by atoms with E-state index in [1.165, 1.54) is 0 Å². The number of benzene rings is 1. The second kappa shape index (κ2) is 7.02. The zero-order chi connectivity index (χ0) is 20.9. The molecule has 0 amide bonds. The largest absolute Gasteiger partial charge is 0.507 e. The quantitative estimate of drug-likeness (QED) is 0.688. The Morgan fingerprint density at radius 2 is 2.17 bits per heavy atom. The van der Waals surface area contributed by atoms with Gasteiger partial charge in [-0.05, 0) is 56.0 Å². The highest BCUT2D eigenvalue weighted by atomic mass is 19.1. The minimum atomic E-state index is -0.995. The van der Waals surface area contributed by atoms with Crippen LogP contribution in [-0.2, 0) is 0 Å². The zero-order valence-electron chi connectivity index (χ0n) is 16.8. The van der Waals surface area contributed by atoms with Gasteiger partial charge in [-0.3, -0.25) is 0 Å². The maximum Gasteiger partial charge on any atom is 0.127 e. The van der Waals surface area contributed by atoms with E-state index in [4.69, 9.17) is 0 Å². The number of phenolic OH excluding ortho intramolecular Hbond substituents is 1. The van der Waals surface area contributed by atoms with E-state index in [0.29, 0.717) is 28.6 Å². The summed E-state index contributed by atoms with van der Waals surface area (Å²) in [6, 6.07) is 9.28. The van der Waals surface area contributed by atoms with Crippen molar-refractivity contribution in [3.63, 3.8) is 0 Å². The Kier molecular flexibility index (Phi) is 4.43. The topological polar surface area (TPSA) is 75.9 Å². The smallest absolute Gasteiger partial charge is 0.127 e. The van der Waals surface area contributed by atoms with Gasteiger partial charge in [-0.2, -0.15) is 5.10 Å². The zero-order valence-corrected chi connectivity index (χ0v) is 16.8. The second-order valence-corrected chi connectivity index (χ2v) is 8.54. The Balaban J connectivity index is 1.38. The molecule has 154 valence electrons. The molecule has 2 bridgehead atoms. The fourth-order valence-electron chi connectivity index (χ4n) is 4.81. The Hall–Kier alpha value is -3.06. The third-order valence-electron chi connectivity index (χ3n) is 6.55. The van der Waals surface area contributed by atoms with Crippen LogP contribution in [0.4, 0.5) is 4.39 Å². The predicted octanol–water partition coefficient (Wildman–Crippen LogP) is 3.92. The molecule has 4 atom stereocenters. The van der Waals surface area contributed by atoms with Gasteiger partial charge >= 0.3 is 0 Å². The first-order chi connectivity index (χ1) is 14.4. The van der Waals surface area contributed by atoms with Gasteiger partial charge in [-0.15, -0.1) is 5.10 Å². The summed E-state index contributed by atoms with van der Waals surface area (Å²) in [7, 11) is 0. The van der Waals surface area contributed by atoms with Crippen molar-refractivity contribution in [1.82, 2.24) is 25.1 Å². The fraction of sp³-hybridized carbons (Fsp3) is 0.348. The molecule has 4 heterocycles. The van der Waals surface area contributed by atoms with Crippen molar-refractivity contribution in [1.29, 1.82) is 0 Å². The lowest BCUT2D eigenvalue weighted by atomic mass is 9.78. The number of hydrogen-bond donors (Lipinski definition) is 2. The maximum absolute atomic E-state index is 15.2. The lowest BCUT2D eigenvalue weighted by Gasteiger charge is -2.40. The Morgan fingerprint density at radius 1 is 1.30 bits per heavy atom. The first-order valence-corrected chi connectivity index (χ1v) is 10.2. The van der Waals surface area contributed by atoms with E-state index in [1.54, 1.807) is 36.9 Å². The molecule has 2 N–H and O–H groups in total. The average Bonchev–Trinajstić information content (AvgIpc) is 3.40. The maximum atomic E-state index is 15.2. The molecule has 2 aliphatic heterocycles. The summed E-state index contributed by atoms with van der Waals surface area (Å²) >= 11 is 0. The normalized spacial score (nSPS) is 27.9. The van der Waals surface area contributed by atoms with E-state index in [2.05, 4.69) is 27.1 Å². The SMILES string of the molecule is C=C(c1ccc(-c2ccc(-n3ccnc3)cc2O)nn1)[C@@H]1CC2CC[C@](C)(N2)[C@@H]1F.